The zero-order chi connectivity index (χ0) is 10.4. The zero-order valence-corrected chi connectivity index (χ0v) is 10.7. The fourth-order valence-electron chi connectivity index (χ4n) is 1.79. The summed E-state index contributed by atoms with van der Waals surface area (Å²) in [5, 5.41) is 2.28. The molecule has 16 heavy (non-hydrogen) atoms. The lowest BCUT2D eigenvalue weighted by atomic mass is 10.1. The number of para-hydroxylation sites is 1. The molecule has 4 heteroatoms. The molecule has 0 aliphatic carbocycles. The highest BCUT2D eigenvalue weighted by Gasteiger charge is 2.09. The second-order valence-corrected chi connectivity index (χ2v) is 4.39. The SMILES string of the molecule is [Cl-].[NH3+]c1cc2oc3ccccc3c2cc1Br. The van der Waals surface area contributed by atoms with E-state index in [1.807, 2.05) is 24.3 Å². The quantitative estimate of drug-likeness (QED) is 0.634. The first-order valence-corrected chi connectivity index (χ1v) is 5.48. The van der Waals surface area contributed by atoms with E-state index in [0.29, 0.717) is 0 Å². The summed E-state index contributed by atoms with van der Waals surface area (Å²) in [6, 6.07) is 12.1. The van der Waals surface area contributed by atoms with E-state index in [1.165, 1.54) is 0 Å². The second-order valence-electron chi connectivity index (χ2n) is 3.54. The van der Waals surface area contributed by atoms with Gasteiger partial charge in [0, 0.05) is 16.8 Å². The maximum Gasteiger partial charge on any atom is 0.146 e. The van der Waals surface area contributed by atoms with Crippen molar-refractivity contribution in [1.29, 1.82) is 0 Å². The molecule has 1 heterocycles. The Morgan fingerprint density at radius 3 is 2.56 bits per heavy atom. The number of hydrogen-bond donors (Lipinski definition) is 1. The van der Waals surface area contributed by atoms with E-state index in [0.717, 1.165) is 32.1 Å². The Labute approximate surface area is 107 Å². The first kappa shape index (κ1) is 11.5. The number of halogens is 2. The van der Waals surface area contributed by atoms with E-state index in [9.17, 15) is 0 Å². The van der Waals surface area contributed by atoms with Gasteiger partial charge in [0.1, 0.15) is 16.9 Å². The van der Waals surface area contributed by atoms with Gasteiger partial charge in [-0.25, -0.2) is 0 Å². The molecule has 0 amide bonds. The molecular weight excluding hydrogens is 289 g/mol. The Morgan fingerprint density at radius 1 is 1.00 bits per heavy atom. The van der Waals surface area contributed by atoms with Gasteiger partial charge in [-0.2, -0.15) is 0 Å². The minimum atomic E-state index is 0. The maximum absolute atomic E-state index is 5.73. The topological polar surface area (TPSA) is 40.8 Å². The molecule has 0 fully saturated rings. The highest BCUT2D eigenvalue weighted by atomic mass is 79.9. The van der Waals surface area contributed by atoms with Crippen LogP contribution in [0.3, 0.4) is 0 Å². The molecule has 0 atom stereocenters. The van der Waals surface area contributed by atoms with Crippen LogP contribution >= 0.6 is 15.9 Å². The summed E-state index contributed by atoms with van der Waals surface area (Å²) in [6.45, 7) is 0. The molecule has 3 N–H and O–H groups in total. The number of furan rings is 1. The summed E-state index contributed by atoms with van der Waals surface area (Å²) in [7, 11) is 0. The number of benzene rings is 2. The highest BCUT2D eigenvalue weighted by molar-refractivity contribution is 9.10. The Hall–Kier alpha value is -1.03. The molecule has 82 valence electrons. The van der Waals surface area contributed by atoms with Crippen LogP contribution in [0.1, 0.15) is 0 Å². The van der Waals surface area contributed by atoms with Gasteiger partial charge in [-0.15, -0.1) is 0 Å². The highest BCUT2D eigenvalue weighted by Crippen LogP contribution is 2.32. The molecule has 3 rings (SSSR count). The summed E-state index contributed by atoms with van der Waals surface area (Å²) in [5.74, 6) is 0. The van der Waals surface area contributed by atoms with Crippen LogP contribution in [0.4, 0.5) is 5.69 Å². The van der Waals surface area contributed by atoms with Crippen LogP contribution in [0.2, 0.25) is 0 Å². The molecule has 0 saturated heterocycles. The summed E-state index contributed by atoms with van der Waals surface area (Å²) < 4.78 is 6.74. The predicted molar refractivity (Wildman–Crippen MR) is 64.0 cm³/mol. The lowest BCUT2D eigenvalue weighted by molar-refractivity contribution is -0.255. The maximum atomic E-state index is 5.73. The molecule has 0 spiro atoms. The molecule has 0 unspecified atom stereocenters. The van der Waals surface area contributed by atoms with E-state index in [1.54, 1.807) is 0 Å². The van der Waals surface area contributed by atoms with Gasteiger partial charge in [0.2, 0.25) is 0 Å². The molecule has 2 aromatic carbocycles. The fraction of sp³-hybridized carbons (Fsp3) is 0. The normalized spacial score (nSPS) is 10.6. The monoisotopic (exact) mass is 297 g/mol. The molecule has 3 aromatic rings. The largest absolute Gasteiger partial charge is 1.00 e. The average Bonchev–Trinajstić information content (AvgIpc) is 2.57. The molecular formula is C12H9BrClNO. The summed E-state index contributed by atoms with van der Waals surface area (Å²) in [5.41, 5.74) is 6.69. The first-order chi connectivity index (χ1) is 7.25. The predicted octanol–water partition coefficient (Wildman–Crippen LogP) is 0.226. The van der Waals surface area contributed by atoms with Crippen molar-refractivity contribution in [3.05, 3.63) is 40.9 Å². The van der Waals surface area contributed by atoms with Gasteiger partial charge in [0.25, 0.3) is 0 Å². The van der Waals surface area contributed by atoms with Crippen molar-refractivity contribution in [2.24, 2.45) is 0 Å². The number of hydrogen-bond acceptors (Lipinski definition) is 1. The van der Waals surface area contributed by atoms with Gasteiger partial charge in [-0.05, 0) is 28.1 Å². The smallest absolute Gasteiger partial charge is 0.146 e. The molecule has 1 aromatic heterocycles. The van der Waals surface area contributed by atoms with Crippen molar-refractivity contribution in [2.45, 2.75) is 0 Å². The van der Waals surface area contributed by atoms with E-state index in [2.05, 4.69) is 33.8 Å². The van der Waals surface area contributed by atoms with Crippen molar-refractivity contribution in [1.82, 2.24) is 0 Å². The Balaban J connectivity index is 0.000000963. The Bertz CT molecular complexity index is 662. The van der Waals surface area contributed by atoms with Gasteiger partial charge in [0.15, 0.2) is 0 Å². The lowest BCUT2D eigenvalue weighted by Gasteiger charge is -1.93. The van der Waals surface area contributed by atoms with E-state index >= 15 is 0 Å². The van der Waals surface area contributed by atoms with Crippen LogP contribution in [-0.2, 0) is 0 Å². The van der Waals surface area contributed by atoms with E-state index in [4.69, 9.17) is 4.42 Å². The fourth-order valence-corrected chi connectivity index (χ4v) is 2.13. The molecule has 0 aliphatic rings. The third-order valence-electron chi connectivity index (χ3n) is 2.55. The molecule has 2 nitrogen and oxygen atoms in total. The molecule has 0 radical (unpaired) electrons. The molecule has 0 aliphatic heterocycles. The van der Waals surface area contributed by atoms with Crippen molar-refractivity contribution >= 4 is 43.6 Å². The minimum absolute atomic E-state index is 0. The van der Waals surface area contributed by atoms with Gasteiger partial charge >= 0.3 is 0 Å². The molecule has 0 bridgehead atoms. The summed E-state index contributed by atoms with van der Waals surface area (Å²) >= 11 is 3.48. The first-order valence-electron chi connectivity index (χ1n) is 4.68. The van der Waals surface area contributed by atoms with Crippen molar-refractivity contribution < 1.29 is 22.6 Å². The van der Waals surface area contributed by atoms with Crippen LogP contribution < -0.4 is 18.1 Å². The van der Waals surface area contributed by atoms with E-state index < -0.39 is 0 Å². The standard InChI is InChI=1S/C12H8BrNO.ClH/c13-9-5-8-7-3-1-2-4-11(7)15-12(8)6-10(9)14;/h1-6H,14H2;1H. The molecule has 0 saturated carbocycles. The van der Waals surface area contributed by atoms with Crippen LogP contribution in [0.15, 0.2) is 45.3 Å². The third-order valence-corrected chi connectivity index (χ3v) is 3.28. The third kappa shape index (κ3) is 1.61. The van der Waals surface area contributed by atoms with Crippen LogP contribution in [-0.4, -0.2) is 0 Å². The summed E-state index contributed by atoms with van der Waals surface area (Å²) in [6.07, 6.45) is 0. The zero-order valence-electron chi connectivity index (χ0n) is 8.34. The van der Waals surface area contributed by atoms with Gasteiger partial charge in [-0.3, -0.25) is 0 Å². The van der Waals surface area contributed by atoms with Gasteiger partial charge < -0.3 is 22.6 Å². The van der Waals surface area contributed by atoms with E-state index in [-0.39, 0.29) is 12.4 Å². The Morgan fingerprint density at radius 2 is 1.75 bits per heavy atom. The number of rotatable bonds is 0. The Kier molecular flexibility index (Phi) is 2.93. The van der Waals surface area contributed by atoms with Crippen LogP contribution in [0.25, 0.3) is 21.9 Å². The van der Waals surface area contributed by atoms with Crippen LogP contribution in [0, 0.1) is 0 Å². The average molecular weight is 299 g/mol. The second kappa shape index (κ2) is 4.09. The van der Waals surface area contributed by atoms with Crippen molar-refractivity contribution in [3.63, 3.8) is 0 Å². The summed E-state index contributed by atoms with van der Waals surface area (Å²) in [4.78, 5) is 0. The van der Waals surface area contributed by atoms with Gasteiger partial charge in [0.05, 0.1) is 4.47 Å². The van der Waals surface area contributed by atoms with Crippen molar-refractivity contribution in [2.75, 3.05) is 0 Å². The number of quaternary nitrogens is 1. The van der Waals surface area contributed by atoms with Crippen molar-refractivity contribution in [3.8, 4) is 0 Å². The lowest BCUT2D eigenvalue weighted by Crippen LogP contribution is -3.00. The number of fused-ring (bicyclic) bond motifs is 3. The van der Waals surface area contributed by atoms with Crippen LogP contribution in [0.5, 0.6) is 0 Å². The minimum Gasteiger partial charge on any atom is -1.00 e. The van der Waals surface area contributed by atoms with Gasteiger partial charge in [-0.1, -0.05) is 18.2 Å².